The van der Waals surface area contributed by atoms with Gasteiger partial charge in [0.2, 0.25) is 0 Å². The first-order valence-electron chi connectivity index (χ1n) is 6.52. The second-order valence-electron chi connectivity index (χ2n) is 4.51. The van der Waals surface area contributed by atoms with Crippen LogP contribution >= 0.6 is 11.8 Å². The van der Waals surface area contributed by atoms with Gasteiger partial charge in [0.05, 0.1) is 16.6 Å². The number of hydrogen-bond acceptors (Lipinski definition) is 4. The summed E-state index contributed by atoms with van der Waals surface area (Å²) in [7, 11) is 0. The zero-order valence-electron chi connectivity index (χ0n) is 11.4. The maximum absolute atomic E-state index is 11.0. The highest BCUT2D eigenvalue weighted by Crippen LogP contribution is 2.19. The summed E-state index contributed by atoms with van der Waals surface area (Å²) in [5.74, 6) is 1.83. The molecule has 6 heteroatoms. The van der Waals surface area contributed by atoms with Gasteiger partial charge in [-0.05, 0) is 37.3 Å². The van der Waals surface area contributed by atoms with Crippen molar-refractivity contribution in [2.75, 3.05) is 18.1 Å². The molecule has 0 spiro atoms. The summed E-state index contributed by atoms with van der Waals surface area (Å²) >= 11 is 1.78. The first-order chi connectivity index (χ1) is 9.63. The van der Waals surface area contributed by atoms with Crippen molar-refractivity contribution in [1.29, 1.82) is 0 Å². The second-order valence-corrected chi connectivity index (χ2v) is 5.73. The number of imidazole rings is 1. The van der Waals surface area contributed by atoms with Crippen LogP contribution in [-0.2, 0) is 6.54 Å². The number of benzene rings is 1. The van der Waals surface area contributed by atoms with Gasteiger partial charge in [0, 0.05) is 18.9 Å². The predicted molar refractivity (Wildman–Crippen MR) is 80.5 cm³/mol. The van der Waals surface area contributed by atoms with Gasteiger partial charge in [-0.25, -0.2) is 9.78 Å². The number of aliphatic hydroxyl groups excluding tert-OH is 1. The molecule has 0 saturated heterocycles. The molecular formula is C14H18N2O3S. The van der Waals surface area contributed by atoms with Gasteiger partial charge in [-0.1, -0.05) is 0 Å². The highest BCUT2D eigenvalue weighted by Gasteiger charge is 2.10. The minimum Gasteiger partial charge on any atom is -0.478 e. The van der Waals surface area contributed by atoms with Gasteiger partial charge in [-0.15, -0.1) is 0 Å². The molecule has 0 radical (unpaired) electrons. The van der Waals surface area contributed by atoms with Crippen molar-refractivity contribution in [3.05, 3.63) is 29.6 Å². The largest absolute Gasteiger partial charge is 0.478 e. The van der Waals surface area contributed by atoms with E-state index in [9.17, 15) is 4.79 Å². The van der Waals surface area contributed by atoms with Crippen LogP contribution in [-0.4, -0.2) is 43.8 Å². The fraction of sp³-hybridized carbons (Fsp3) is 0.429. The van der Waals surface area contributed by atoms with E-state index in [4.69, 9.17) is 10.2 Å². The Bertz CT molecular complexity index is 610. The van der Waals surface area contributed by atoms with E-state index >= 15 is 0 Å². The smallest absolute Gasteiger partial charge is 0.335 e. The molecule has 2 aromatic rings. The van der Waals surface area contributed by atoms with Crippen LogP contribution in [0.15, 0.2) is 18.2 Å². The Labute approximate surface area is 121 Å². The number of nitrogens with zero attached hydrogens (tertiary/aromatic N) is 2. The zero-order chi connectivity index (χ0) is 14.5. The Morgan fingerprint density at radius 3 is 2.90 bits per heavy atom. The Hall–Kier alpha value is -1.53. The molecule has 1 aromatic carbocycles. The van der Waals surface area contributed by atoms with Crippen molar-refractivity contribution >= 4 is 28.8 Å². The number of carboxylic acids is 1. The third-order valence-electron chi connectivity index (χ3n) is 3.09. The molecule has 2 rings (SSSR count). The Morgan fingerprint density at radius 1 is 1.40 bits per heavy atom. The van der Waals surface area contributed by atoms with E-state index in [0.29, 0.717) is 0 Å². The van der Waals surface area contributed by atoms with E-state index in [0.717, 1.165) is 41.3 Å². The number of aromatic carboxylic acids is 1. The summed E-state index contributed by atoms with van der Waals surface area (Å²) in [5, 5.41) is 17.8. The monoisotopic (exact) mass is 294 g/mol. The van der Waals surface area contributed by atoms with Crippen LogP contribution in [0.2, 0.25) is 0 Å². The Balaban J connectivity index is 2.16. The third-order valence-corrected chi connectivity index (χ3v) is 4.14. The van der Waals surface area contributed by atoms with Crippen molar-refractivity contribution < 1.29 is 15.0 Å². The van der Waals surface area contributed by atoms with Crippen molar-refractivity contribution in [3.63, 3.8) is 0 Å². The topological polar surface area (TPSA) is 75.3 Å². The van der Waals surface area contributed by atoms with Crippen LogP contribution < -0.4 is 0 Å². The lowest BCUT2D eigenvalue weighted by atomic mass is 10.2. The van der Waals surface area contributed by atoms with Gasteiger partial charge in [0.15, 0.2) is 0 Å². The van der Waals surface area contributed by atoms with Gasteiger partial charge in [-0.3, -0.25) is 0 Å². The highest BCUT2D eigenvalue weighted by atomic mass is 32.2. The zero-order valence-corrected chi connectivity index (χ0v) is 12.2. The maximum Gasteiger partial charge on any atom is 0.335 e. The minimum atomic E-state index is -0.922. The normalized spacial score (nSPS) is 11.1. The molecule has 0 fully saturated rings. The van der Waals surface area contributed by atoms with E-state index in [1.54, 1.807) is 30.0 Å². The standard InChI is InChI=1S/C14H18N2O3S/c1-10-15-12-4-3-11(14(18)19)9-13(12)16(10)5-8-20-7-2-6-17/h3-4,9,17H,2,5-8H2,1H3,(H,18,19). The number of carbonyl (C=O) groups is 1. The molecule has 1 heterocycles. The molecule has 0 aliphatic rings. The number of rotatable bonds is 7. The predicted octanol–water partition coefficient (Wildman–Crippen LogP) is 2.16. The summed E-state index contributed by atoms with van der Waals surface area (Å²) in [6.45, 7) is 2.95. The highest BCUT2D eigenvalue weighted by molar-refractivity contribution is 7.99. The number of carboxylic acid groups (broad SMARTS) is 1. The lowest BCUT2D eigenvalue weighted by Gasteiger charge is -2.07. The molecule has 0 amide bonds. The summed E-state index contributed by atoms with van der Waals surface area (Å²) in [6.07, 6.45) is 0.803. The van der Waals surface area contributed by atoms with Crippen LogP contribution in [0.25, 0.3) is 11.0 Å². The first kappa shape index (κ1) is 14.9. The minimum absolute atomic E-state index is 0.224. The molecule has 0 aliphatic heterocycles. The number of fused-ring (bicyclic) bond motifs is 1. The van der Waals surface area contributed by atoms with Gasteiger partial charge in [0.25, 0.3) is 0 Å². The molecule has 2 N–H and O–H groups in total. The number of thioether (sulfide) groups is 1. The van der Waals surface area contributed by atoms with Gasteiger partial charge in [0.1, 0.15) is 5.82 Å². The number of aromatic nitrogens is 2. The molecule has 0 bridgehead atoms. The molecule has 5 nitrogen and oxygen atoms in total. The fourth-order valence-corrected chi connectivity index (χ4v) is 2.93. The molecule has 0 atom stereocenters. The van der Waals surface area contributed by atoms with Crippen molar-refractivity contribution in [2.24, 2.45) is 0 Å². The van der Waals surface area contributed by atoms with Crippen LogP contribution in [0.5, 0.6) is 0 Å². The number of aliphatic hydroxyl groups is 1. The summed E-state index contributed by atoms with van der Waals surface area (Å²) < 4.78 is 2.05. The van der Waals surface area contributed by atoms with Crippen LogP contribution in [0.1, 0.15) is 22.6 Å². The Kier molecular flexibility index (Phi) is 5.03. The molecule has 0 aliphatic carbocycles. The van der Waals surface area contributed by atoms with Gasteiger partial charge in [-0.2, -0.15) is 11.8 Å². The fourth-order valence-electron chi connectivity index (χ4n) is 2.08. The summed E-state index contributed by atoms with van der Waals surface area (Å²) in [5.41, 5.74) is 1.98. The molecular weight excluding hydrogens is 276 g/mol. The van der Waals surface area contributed by atoms with E-state index in [1.807, 2.05) is 11.5 Å². The molecule has 1 aromatic heterocycles. The second kappa shape index (κ2) is 6.76. The van der Waals surface area contributed by atoms with Crippen molar-refractivity contribution in [2.45, 2.75) is 19.9 Å². The van der Waals surface area contributed by atoms with Gasteiger partial charge >= 0.3 is 5.97 Å². The molecule has 20 heavy (non-hydrogen) atoms. The van der Waals surface area contributed by atoms with Crippen molar-refractivity contribution in [3.8, 4) is 0 Å². The lowest BCUT2D eigenvalue weighted by molar-refractivity contribution is 0.0697. The molecule has 0 saturated carbocycles. The number of hydrogen-bond donors (Lipinski definition) is 2. The summed E-state index contributed by atoms with van der Waals surface area (Å²) in [4.78, 5) is 15.5. The third kappa shape index (κ3) is 3.32. The average molecular weight is 294 g/mol. The van der Waals surface area contributed by atoms with E-state index in [1.165, 1.54) is 0 Å². The van der Waals surface area contributed by atoms with Gasteiger partial charge < -0.3 is 14.8 Å². The quantitative estimate of drug-likeness (QED) is 0.765. The van der Waals surface area contributed by atoms with Crippen molar-refractivity contribution in [1.82, 2.24) is 9.55 Å². The number of aryl methyl sites for hydroxylation is 2. The SMILES string of the molecule is Cc1nc2ccc(C(=O)O)cc2n1CCSCCCO. The van der Waals surface area contributed by atoms with Crippen LogP contribution in [0.4, 0.5) is 0 Å². The van der Waals surface area contributed by atoms with Crippen LogP contribution in [0.3, 0.4) is 0 Å². The summed E-state index contributed by atoms with van der Waals surface area (Å²) in [6, 6.07) is 5.01. The Morgan fingerprint density at radius 2 is 2.20 bits per heavy atom. The average Bonchev–Trinajstić information content (AvgIpc) is 2.73. The molecule has 108 valence electrons. The van der Waals surface area contributed by atoms with E-state index in [-0.39, 0.29) is 12.2 Å². The maximum atomic E-state index is 11.0. The van der Waals surface area contributed by atoms with Crippen LogP contribution in [0, 0.1) is 6.92 Å². The van der Waals surface area contributed by atoms with E-state index < -0.39 is 5.97 Å². The lowest BCUT2D eigenvalue weighted by Crippen LogP contribution is -2.04. The van der Waals surface area contributed by atoms with E-state index in [2.05, 4.69) is 4.98 Å². The molecule has 0 unspecified atom stereocenters. The first-order valence-corrected chi connectivity index (χ1v) is 7.67.